The number of aromatic nitrogens is 2. The van der Waals surface area contributed by atoms with Crippen LogP contribution in [-0.4, -0.2) is 27.6 Å². The Morgan fingerprint density at radius 1 is 1.12 bits per heavy atom. The van der Waals surface area contributed by atoms with Crippen LogP contribution >= 0.6 is 0 Å². The largest absolute Gasteiger partial charge is 0.444 e. The van der Waals surface area contributed by atoms with Crippen molar-refractivity contribution in [2.75, 3.05) is 11.1 Å². The predicted octanol–water partition coefficient (Wildman–Crippen LogP) is 2.34. The number of rotatable bonds is 4. The van der Waals surface area contributed by atoms with Crippen LogP contribution in [-0.2, 0) is 11.3 Å². The van der Waals surface area contributed by atoms with Gasteiger partial charge in [0.15, 0.2) is 0 Å². The van der Waals surface area contributed by atoms with Crippen molar-refractivity contribution in [2.45, 2.75) is 32.9 Å². The normalized spacial score (nSPS) is 10.8. The van der Waals surface area contributed by atoms with E-state index in [-0.39, 0.29) is 11.6 Å². The lowest BCUT2D eigenvalue weighted by molar-refractivity contribution is 0.0635. The van der Waals surface area contributed by atoms with Gasteiger partial charge in [0.05, 0.1) is 11.9 Å². The van der Waals surface area contributed by atoms with Crippen molar-refractivity contribution in [3.05, 3.63) is 47.9 Å². The topological polar surface area (TPSA) is 119 Å². The first-order valence-corrected chi connectivity index (χ1v) is 7.67. The molecule has 0 bridgehead atoms. The fraction of sp³-hybridized carbons (Fsp3) is 0.294. The third kappa shape index (κ3) is 6.09. The van der Waals surface area contributed by atoms with Crippen molar-refractivity contribution in [1.29, 1.82) is 0 Å². The van der Waals surface area contributed by atoms with Crippen LogP contribution in [0.25, 0.3) is 0 Å². The highest BCUT2D eigenvalue weighted by Crippen LogP contribution is 2.11. The van der Waals surface area contributed by atoms with Gasteiger partial charge >= 0.3 is 6.09 Å². The number of carbonyl (C=O) groups excluding carboxylic acids is 2. The van der Waals surface area contributed by atoms with Crippen molar-refractivity contribution in [3.63, 3.8) is 0 Å². The molecule has 0 saturated carbocycles. The predicted molar refractivity (Wildman–Crippen MR) is 93.9 cm³/mol. The molecule has 8 nitrogen and oxygen atoms in total. The first kappa shape index (κ1) is 18.2. The number of carbonyl (C=O) groups is 2. The van der Waals surface area contributed by atoms with E-state index in [0.717, 1.165) is 5.56 Å². The first-order chi connectivity index (χ1) is 11.7. The van der Waals surface area contributed by atoms with Gasteiger partial charge in [-0.25, -0.2) is 14.8 Å². The maximum atomic E-state index is 12.1. The highest BCUT2D eigenvalue weighted by molar-refractivity contribution is 5.93. The van der Waals surface area contributed by atoms with E-state index in [2.05, 4.69) is 20.6 Å². The van der Waals surface area contributed by atoms with E-state index in [0.29, 0.717) is 18.1 Å². The molecule has 0 aliphatic rings. The maximum Gasteiger partial charge on any atom is 0.412 e. The fourth-order valence-corrected chi connectivity index (χ4v) is 1.84. The molecule has 2 amide bonds. The van der Waals surface area contributed by atoms with Gasteiger partial charge in [0, 0.05) is 12.7 Å². The molecule has 132 valence electrons. The number of hydrogen-bond acceptors (Lipinski definition) is 6. The van der Waals surface area contributed by atoms with E-state index in [1.807, 2.05) is 0 Å². The van der Waals surface area contributed by atoms with Crippen molar-refractivity contribution in [1.82, 2.24) is 15.3 Å². The van der Waals surface area contributed by atoms with Gasteiger partial charge < -0.3 is 15.8 Å². The summed E-state index contributed by atoms with van der Waals surface area (Å²) in [6.45, 7) is 5.63. The SMILES string of the molecule is CC(C)(C)OC(=O)Nc1ccc(C(=O)NCc2ccc(N)nc2)nc1. The minimum Gasteiger partial charge on any atom is -0.444 e. The monoisotopic (exact) mass is 343 g/mol. The summed E-state index contributed by atoms with van der Waals surface area (Å²) in [6, 6.07) is 6.54. The molecule has 0 unspecified atom stereocenters. The number of hydrogen-bond donors (Lipinski definition) is 3. The quantitative estimate of drug-likeness (QED) is 0.784. The summed E-state index contributed by atoms with van der Waals surface area (Å²) < 4.78 is 5.14. The number of nitrogens with one attached hydrogen (secondary N) is 2. The fourth-order valence-electron chi connectivity index (χ4n) is 1.84. The molecule has 0 fully saturated rings. The summed E-state index contributed by atoms with van der Waals surface area (Å²) in [6.07, 6.45) is 2.41. The average molecular weight is 343 g/mol. The van der Waals surface area contributed by atoms with E-state index < -0.39 is 11.7 Å². The van der Waals surface area contributed by atoms with E-state index in [9.17, 15) is 9.59 Å². The lowest BCUT2D eigenvalue weighted by Crippen LogP contribution is -2.27. The van der Waals surface area contributed by atoms with Crippen LogP contribution < -0.4 is 16.4 Å². The Kier molecular flexibility index (Phi) is 5.53. The molecule has 2 aromatic rings. The standard InChI is InChI=1S/C17H21N5O3/c1-17(2,3)25-16(24)22-12-5-6-13(19-10-12)15(23)21-9-11-4-7-14(18)20-8-11/h4-8,10H,9H2,1-3H3,(H2,18,20)(H,21,23)(H,22,24). The molecule has 0 aliphatic carbocycles. The Labute approximate surface area is 145 Å². The molecule has 8 heteroatoms. The summed E-state index contributed by atoms with van der Waals surface area (Å²) in [5.41, 5.74) is 6.42. The molecule has 0 atom stereocenters. The highest BCUT2D eigenvalue weighted by atomic mass is 16.6. The molecule has 0 spiro atoms. The van der Waals surface area contributed by atoms with Gasteiger partial charge in [-0.15, -0.1) is 0 Å². The molecule has 0 radical (unpaired) electrons. The zero-order chi connectivity index (χ0) is 18.4. The van der Waals surface area contributed by atoms with Crippen LogP contribution in [0, 0.1) is 0 Å². The van der Waals surface area contributed by atoms with Gasteiger partial charge in [-0.1, -0.05) is 6.07 Å². The highest BCUT2D eigenvalue weighted by Gasteiger charge is 2.16. The first-order valence-electron chi connectivity index (χ1n) is 7.67. The number of ether oxygens (including phenoxy) is 1. The molecule has 2 rings (SSSR count). The van der Waals surface area contributed by atoms with E-state index in [1.54, 1.807) is 45.2 Å². The Balaban J connectivity index is 1.89. The molecule has 4 N–H and O–H groups in total. The van der Waals surface area contributed by atoms with Crippen LogP contribution in [0.3, 0.4) is 0 Å². The Morgan fingerprint density at radius 3 is 2.44 bits per heavy atom. The molecule has 0 aliphatic heterocycles. The van der Waals surface area contributed by atoms with Gasteiger partial charge in [-0.2, -0.15) is 0 Å². The minimum absolute atomic E-state index is 0.234. The summed E-state index contributed by atoms with van der Waals surface area (Å²) in [7, 11) is 0. The van der Waals surface area contributed by atoms with Gasteiger partial charge in [-0.3, -0.25) is 10.1 Å². The third-order valence-corrected chi connectivity index (χ3v) is 2.94. The number of amides is 2. The Bertz CT molecular complexity index is 736. The molecular weight excluding hydrogens is 322 g/mol. The van der Waals surface area contributed by atoms with Crippen LogP contribution in [0.2, 0.25) is 0 Å². The molecule has 25 heavy (non-hydrogen) atoms. The number of anilines is 2. The van der Waals surface area contributed by atoms with Crippen LogP contribution in [0.15, 0.2) is 36.7 Å². The molecule has 0 saturated heterocycles. The number of nitrogens with zero attached hydrogens (tertiary/aromatic N) is 2. The second kappa shape index (κ2) is 7.61. The molecule has 0 aromatic carbocycles. The number of nitrogen functional groups attached to an aromatic ring is 1. The smallest absolute Gasteiger partial charge is 0.412 e. The summed E-state index contributed by atoms with van der Waals surface area (Å²) in [5, 5.41) is 5.28. The summed E-state index contributed by atoms with van der Waals surface area (Å²) in [4.78, 5) is 31.7. The van der Waals surface area contributed by atoms with Crippen LogP contribution in [0.4, 0.5) is 16.3 Å². The third-order valence-electron chi connectivity index (χ3n) is 2.94. The van der Waals surface area contributed by atoms with Gasteiger partial charge in [0.1, 0.15) is 17.1 Å². The second-order valence-corrected chi connectivity index (χ2v) is 6.33. The molecule has 2 heterocycles. The van der Waals surface area contributed by atoms with Crippen molar-refractivity contribution < 1.29 is 14.3 Å². The number of pyridine rings is 2. The zero-order valence-electron chi connectivity index (χ0n) is 14.4. The Hall–Kier alpha value is -3.16. The Morgan fingerprint density at radius 2 is 1.88 bits per heavy atom. The molecule has 2 aromatic heterocycles. The number of nitrogens with two attached hydrogens (primary N) is 1. The van der Waals surface area contributed by atoms with Gasteiger partial charge in [0.25, 0.3) is 5.91 Å². The lowest BCUT2D eigenvalue weighted by atomic mass is 10.2. The lowest BCUT2D eigenvalue weighted by Gasteiger charge is -2.19. The van der Waals surface area contributed by atoms with E-state index in [4.69, 9.17) is 10.5 Å². The van der Waals surface area contributed by atoms with E-state index in [1.165, 1.54) is 12.3 Å². The van der Waals surface area contributed by atoms with Gasteiger partial charge in [0.2, 0.25) is 0 Å². The minimum atomic E-state index is -0.589. The van der Waals surface area contributed by atoms with E-state index >= 15 is 0 Å². The van der Waals surface area contributed by atoms with Crippen molar-refractivity contribution in [2.24, 2.45) is 0 Å². The second-order valence-electron chi connectivity index (χ2n) is 6.33. The summed E-state index contributed by atoms with van der Waals surface area (Å²) in [5.74, 6) is 0.0884. The van der Waals surface area contributed by atoms with Crippen LogP contribution in [0.5, 0.6) is 0 Å². The van der Waals surface area contributed by atoms with Crippen molar-refractivity contribution >= 4 is 23.5 Å². The average Bonchev–Trinajstić information content (AvgIpc) is 2.53. The molecular formula is C17H21N5O3. The van der Waals surface area contributed by atoms with Gasteiger partial charge in [-0.05, 0) is 44.5 Å². The maximum absolute atomic E-state index is 12.1. The van der Waals surface area contributed by atoms with Crippen LogP contribution in [0.1, 0.15) is 36.8 Å². The summed E-state index contributed by atoms with van der Waals surface area (Å²) >= 11 is 0. The van der Waals surface area contributed by atoms with Crippen molar-refractivity contribution in [3.8, 4) is 0 Å². The zero-order valence-corrected chi connectivity index (χ0v) is 14.4.